The first-order valence-electron chi connectivity index (χ1n) is 4.52. The maximum absolute atomic E-state index is 5.66. The van der Waals surface area contributed by atoms with Gasteiger partial charge in [-0.1, -0.05) is 22.0 Å². The standard InChI is InChI=1S/C10H12BrNO/c11-9-3-5-13-10(6-9)8-2-1-4-12-7-8/h1-2,4,7,9-10H,3,5-6H2. The van der Waals surface area contributed by atoms with Crippen LogP contribution in [0.5, 0.6) is 0 Å². The molecule has 3 heteroatoms. The van der Waals surface area contributed by atoms with E-state index in [-0.39, 0.29) is 6.10 Å². The van der Waals surface area contributed by atoms with Crippen LogP contribution in [-0.4, -0.2) is 16.4 Å². The first-order valence-corrected chi connectivity index (χ1v) is 5.43. The van der Waals surface area contributed by atoms with Crippen molar-refractivity contribution in [2.75, 3.05) is 6.61 Å². The first kappa shape index (κ1) is 9.16. The van der Waals surface area contributed by atoms with E-state index in [0.29, 0.717) is 4.83 Å². The number of rotatable bonds is 1. The second-order valence-electron chi connectivity index (χ2n) is 3.27. The zero-order valence-electron chi connectivity index (χ0n) is 7.32. The van der Waals surface area contributed by atoms with E-state index in [9.17, 15) is 0 Å². The molecule has 0 saturated carbocycles. The molecule has 0 bridgehead atoms. The summed E-state index contributed by atoms with van der Waals surface area (Å²) in [6.45, 7) is 0.843. The fraction of sp³-hybridized carbons (Fsp3) is 0.500. The van der Waals surface area contributed by atoms with Gasteiger partial charge in [0.1, 0.15) is 0 Å². The molecule has 0 N–H and O–H groups in total. The van der Waals surface area contributed by atoms with Crippen LogP contribution in [0.3, 0.4) is 0 Å². The monoisotopic (exact) mass is 241 g/mol. The molecule has 1 aromatic heterocycles. The molecular weight excluding hydrogens is 230 g/mol. The molecule has 0 aliphatic carbocycles. The van der Waals surface area contributed by atoms with Crippen molar-refractivity contribution in [2.24, 2.45) is 0 Å². The quantitative estimate of drug-likeness (QED) is 0.706. The number of aromatic nitrogens is 1. The normalized spacial score (nSPS) is 28.7. The fourth-order valence-electron chi connectivity index (χ4n) is 1.56. The second kappa shape index (κ2) is 4.20. The van der Waals surface area contributed by atoms with Crippen molar-refractivity contribution in [3.05, 3.63) is 30.1 Å². The number of ether oxygens (including phenoxy) is 1. The van der Waals surface area contributed by atoms with Gasteiger partial charge in [-0.05, 0) is 24.5 Å². The van der Waals surface area contributed by atoms with Crippen LogP contribution in [-0.2, 0) is 4.74 Å². The Bertz CT molecular complexity index is 265. The van der Waals surface area contributed by atoms with Crippen molar-refractivity contribution in [3.8, 4) is 0 Å². The van der Waals surface area contributed by atoms with Crippen molar-refractivity contribution < 1.29 is 4.74 Å². The van der Waals surface area contributed by atoms with E-state index in [1.54, 1.807) is 6.20 Å². The highest BCUT2D eigenvalue weighted by Crippen LogP contribution is 2.30. The summed E-state index contributed by atoms with van der Waals surface area (Å²) >= 11 is 3.63. The van der Waals surface area contributed by atoms with Crippen molar-refractivity contribution in [2.45, 2.75) is 23.8 Å². The van der Waals surface area contributed by atoms with Crippen LogP contribution >= 0.6 is 15.9 Å². The zero-order valence-corrected chi connectivity index (χ0v) is 8.90. The molecule has 13 heavy (non-hydrogen) atoms. The largest absolute Gasteiger partial charge is 0.373 e. The molecule has 2 nitrogen and oxygen atoms in total. The highest BCUT2D eigenvalue weighted by molar-refractivity contribution is 9.09. The van der Waals surface area contributed by atoms with Crippen LogP contribution < -0.4 is 0 Å². The van der Waals surface area contributed by atoms with Gasteiger partial charge in [0.05, 0.1) is 6.10 Å². The average Bonchev–Trinajstić information content (AvgIpc) is 2.19. The Labute approximate surface area is 86.5 Å². The van der Waals surface area contributed by atoms with Crippen LogP contribution in [0.15, 0.2) is 24.5 Å². The molecule has 0 aromatic carbocycles. The van der Waals surface area contributed by atoms with Gasteiger partial charge in [0.15, 0.2) is 0 Å². The minimum atomic E-state index is 0.229. The van der Waals surface area contributed by atoms with E-state index in [1.807, 2.05) is 12.3 Å². The maximum Gasteiger partial charge on any atom is 0.0850 e. The fourth-order valence-corrected chi connectivity index (χ4v) is 2.08. The van der Waals surface area contributed by atoms with Gasteiger partial charge in [0, 0.05) is 23.8 Å². The Hall–Kier alpha value is -0.410. The summed E-state index contributed by atoms with van der Waals surface area (Å²) < 4.78 is 5.66. The predicted octanol–water partition coefficient (Wildman–Crippen LogP) is 2.70. The molecule has 1 aliphatic rings. The summed E-state index contributed by atoms with van der Waals surface area (Å²) in [6, 6.07) is 4.03. The van der Waals surface area contributed by atoms with Gasteiger partial charge < -0.3 is 4.74 Å². The van der Waals surface area contributed by atoms with Crippen LogP contribution in [0.4, 0.5) is 0 Å². The molecular formula is C10H12BrNO. The lowest BCUT2D eigenvalue weighted by Crippen LogP contribution is -2.19. The Morgan fingerprint density at radius 2 is 2.46 bits per heavy atom. The van der Waals surface area contributed by atoms with Gasteiger partial charge in [0.25, 0.3) is 0 Å². The van der Waals surface area contributed by atoms with Gasteiger partial charge in [-0.15, -0.1) is 0 Å². The van der Waals surface area contributed by atoms with E-state index < -0.39 is 0 Å². The van der Waals surface area contributed by atoms with Crippen LogP contribution in [0.2, 0.25) is 0 Å². The maximum atomic E-state index is 5.66. The SMILES string of the molecule is BrC1CCOC(c2cccnc2)C1. The van der Waals surface area contributed by atoms with Crippen LogP contribution in [0.1, 0.15) is 24.5 Å². The molecule has 1 fully saturated rings. The topological polar surface area (TPSA) is 22.1 Å². The van der Waals surface area contributed by atoms with Gasteiger partial charge >= 0.3 is 0 Å². The summed E-state index contributed by atoms with van der Waals surface area (Å²) in [5, 5.41) is 0. The number of hydrogen-bond acceptors (Lipinski definition) is 2. The third-order valence-electron chi connectivity index (χ3n) is 2.28. The minimum absolute atomic E-state index is 0.229. The van der Waals surface area contributed by atoms with E-state index in [4.69, 9.17) is 4.74 Å². The van der Waals surface area contributed by atoms with Crippen molar-refractivity contribution in [3.63, 3.8) is 0 Å². The Kier molecular flexibility index (Phi) is 2.96. The molecule has 70 valence electrons. The second-order valence-corrected chi connectivity index (χ2v) is 4.56. The third-order valence-corrected chi connectivity index (χ3v) is 3.11. The van der Waals surface area contributed by atoms with Crippen LogP contribution in [0, 0.1) is 0 Å². The molecule has 2 unspecified atom stereocenters. The van der Waals surface area contributed by atoms with Crippen molar-refractivity contribution in [1.29, 1.82) is 0 Å². The Morgan fingerprint density at radius 3 is 3.15 bits per heavy atom. The summed E-state index contributed by atoms with van der Waals surface area (Å²) in [7, 11) is 0. The molecule has 2 heterocycles. The molecule has 2 atom stereocenters. The highest BCUT2D eigenvalue weighted by atomic mass is 79.9. The molecule has 0 amide bonds. The predicted molar refractivity (Wildman–Crippen MR) is 54.9 cm³/mol. The Morgan fingerprint density at radius 1 is 1.54 bits per heavy atom. The lowest BCUT2D eigenvalue weighted by Gasteiger charge is -2.26. The van der Waals surface area contributed by atoms with E-state index in [0.717, 1.165) is 19.4 Å². The number of alkyl halides is 1. The summed E-state index contributed by atoms with van der Waals surface area (Å²) in [4.78, 5) is 4.68. The molecule has 0 radical (unpaired) electrons. The van der Waals surface area contributed by atoms with Gasteiger partial charge in [-0.3, -0.25) is 4.98 Å². The van der Waals surface area contributed by atoms with Gasteiger partial charge in [-0.25, -0.2) is 0 Å². The van der Waals surface area contributed by atoms with E-state index in [2.05, 4.69) is 27.0 Å². The molecule has 1 aromatic rings. The van der Waals surface area contributed by atoms with Gasteiger partial charge in [-0.2, -0.15) is 0 Å². The summed E-state index contributed by atoms with van der Waals surface area (Å²) in [6.07, 6.45) is 6.06. The molecule has 1 aliphatic heterocycles. The van der Waals surface area contributed by atoms with E-state index >= 15 is 0 Å². The average molecular weight is 242 g/mol. The molecule has 2 rings (SSSR count). The Balaban J connectivity index is 2.08. The van der Waals surface area contributed by atoms with Gasteiger partial charge in [0.2, 0.25) is 0 Å². The number of hydrogen-bond donors (Lipinski definition) is 0. The van der Waals surface area contributed by atoms with Crippen LogP contribution in [0.25, 0.3) is 0 Å². The number of halogens is 1. The lowest BCUT2D eigenvalue weighted by molar-refractivity contribution is 0.0185. The highest BCUT2D eigenvalue weighted by Gasteiger charge is 2.21. The number of nitrogens with zero attached hydrogens (tertiary/aromatic N) is 1. The first-order chi connectivity index (χ1) is 6.36. The number of pyridine rings is 1. The third kappa shape index (κ3) is 2.29. The van der Waals surface area contributed by atoms with E-state index in [1.165, 1.54) is 5.56 Å². The summed E-state index contributed by atoms with van der Waals surface area (Å²) in [5.41, 5.74) is 1.19. The zero-order chi connectivity index (χ0) is 9.10. The molecule has 0 spiro atoms. The molecule has 1 saturated heterocycles. The summed E-state index contributed by atoms with van der Waals surface area (Å²) in [5.74, 6) is 0. The van der Waals surface area contributed by atoms with Crippen molar-refractivity contribution in [1.82, 2.24) is 4.98 Å². The smallest absolute Gasteiger partial charge is 0.0850 e. The lowest BCUT2D eigenvalue weighted by atomic mass is 10.0. The minimum Gasteiger partial charge on any atom is -0.373 e. The van der Waals surface area contributed by atoms with Crippen molar-refractivity contribution >= 4 is 15.9 Å².